The highest BCUT2D eigenvalue weighted by molar-refractivity contribution is 6.74. The molecule has 0 saturated carbocycles. The molecule has 0 saturated heterocycles. The third-order valence-corrected chi connectivity index (χ3v) is 12.0. The highest BCUT2D eigenvalue weighted by Crippen LogP contribution is 2.53. The molecule has 0 radical (unpaired) electrons. The zero-order valence-electron chi connectivity index (χ0n) is 20.1. The lowest BCUT2D eigenvalue weighted by Crippen LogP contribution is -2.44. The van der Waals surface area contributed by atoms with E-state index in [4.69, 9.17) is 13.9 Å². The Morgan fingerprint density at radius 1 is 1.23 bits per heavy atom. The second-order valence-electron chi connectivity index (χ2n) is 10.7. The first kappa shape index (κ1) is 22.2. The number of methoxy groups -OCH3 is 1. The molecule has 0 bridgehead atoms. The normalized spacial score (nSPS) is 18.0. The first-order chi connectivity index (χ1) is 14.5. The van der Waals surface area contributed by atoms with E-state index in [2.05, 4.69) is 52.9 Å². The molecular formula is C26H36O4Si. The maximum atomic E-state index is 11.8. The Morgan fingerprint density at radius 3 is 2.65 bits per heavy atom. The van der Waals surface area contributed by atoms with E-state index in [1.165, 1.54) is 46.6 Å². The average molecular weight is 441 g/mol. The van der Waals surface area contributed by atoms with Crippen molar-refractivity contribution in [3.05, 3.63) is 34.4 Å². The quantitative estimate of drug-likeness (QED) is 0.396. The molecule has 31 heavy (non-hydrogen) atoms. The van der Waals surface area contributed by atoms with Crippen LogP contribution in [0.15, 0.2) is 12.1 Å². The van der Waals surface area contributed by atoms with Gasteiger partial charge in [-0.05, 0) is 72.8 Å². The Labute approximate surface area is 187 Å². The molecule has 2 aliphatic rings. The van der Waals surface area contributed by atoms with Crippen LogP contribution in [0.5, 0.6) is 11.5 Å². The van der Waals surface area contributed by atoms with Crippen molar-refractivity contribution in [1.82, 2.24) is 0 Å². The van der Waals surface area contributed by atoms with Crippen LogP contribution >= 0.6 is 0 Å². The maximum Gasteiger partial charge on any atom is 0.305 e. The summed E-state index contributed by atoms with van der Waals surface area (Å²) in [4.78, 5) is 11.8. The first-order valence-corrected chi connectivity index (χ1v) is 14.5. The van der Waals surface area contributed by atoms with Gasteiger partial charge in [-0.3, -0.25) is 4.79 Å². The van der Waals surface area contributed by atoms with Crippen molar-refractivity contribution in [3.63, 3.8) is 0 Å². The summed E-state index contributed by atoms with van der Waals surface area (Å²) in [5.41, 5.74) is 5.39. The highest BCUT2D eigenvalue weighted by atomic mass is 28.4. The van der Waals surface area contributed by atoms with Gasteiger partial charge in [-0.15, -0.1) is 0 Å². The molecule has 2 aromatic carbocycles. The summed E-state index contributed by atoms with van der Waals surface area (Å²) in [5, 5.41) is 2.64. The van der Waals surface area contributed by atoms with Gasteiger partial charge in [-0.25, -0.2) is 0 Å². The van der Waals surface area contributed by atoms with Gasteiger partial charge < -0.3 is 13.9 Å². The standard InChI is InChI=1S/C26H36O4Si/c1-16-19-13-11-17-9-8-10-20(17)23(19)25(30-31(6,7)26(2,3)4)24-22(16)18(15-29-24)12-14-21(27)28-5/h11,13,18H,8-10,12,14-15H2,1-7H3. The fourth-order valence-corrected chi connectivity index (χ4v) is 5.83. The van der Waals surface area contributed by atoms with Crippen LogP contribution in [0.4, 0.5) is 0 Å². The van der Waals surface area contributed by atoms with E-state index in [9.17, 15) is 4.79 Å². The fourth-order valence-electron chi connectivity index (χ4n) is 4.82. The lowest BCUT2D eigenvalue weighted by atomic mass is 9.87. The molecular weight excluding hydrogens is 404 g/mol. The largest absolute Gasteiger partial charge is 0.541 e. The van der Waals surface area contributed by atoms with Crippen LogP contribution < -0.4 is 9.16 Å². The van der Waals surface area contributed by atoms with Crippen molar-refractivity contribution >= 4 is 25.1 Å². The van der Waals surface area contributed by atoms with E-state index in [1.54, 1.807) is 0 Å². The fraction of sp³-hybridized carbons (Fsp3) is 0.577. The summed E-state index contributed by atoms with van der Waals surface area (Å²) in [5.74, 6) is 1.91. The number of ether oxygens (including phenoxy) is 2. The van der Waals surface area contributed by atoms with Crippen LogP contribution in [0.25, 0.3) is 10.8 Å². The molecule has 0 fully saturated rings. The van der Waals surface area contributed by atoms with Gasteiger partial charge >= 0.3 is 5.97 Å². The van der Waals surface area contributed by atoms with Gasteiger partial charge in [0.05, 0.1) is 13.7 Å². The zero-order valence-corrected chi connectivity index (χ0v) is 21.1. The first-order valence-electron chi connectivity index (χ1n) is 11.5. The Hall–Kier alpha value is -2.01. The minimum absolute atomic E-state index is 0.0952. The molecule has 2 aromatic rings. The van der Waals surface area contributed by atoms with Gasteiger partial charge in [0.15, 0.2) is 11.5 Å². The lowest BCUT2D eigenvalue weighted by molar-refractivity contribution is -0.140. The topological polar surface area (TPSA) is 44.8 Å². The van der Waals surface area contributed by atoms with Crippen LogP contribution in [0.1, 0.15) is 68.2 Å². The number of carbonyl (C=O) groups excluding carboxylic acids is 1. The number of esters is 1. The van der Waals surface area contributed by atoms with Gasteiger partial charge in [0.2, 0.25) is 0 Å². The number of carbonyl (C=O) groups is 1. The van der Waals surface area contributed by atoms with Crippen molar-refractivity contribution in [1.29, 1.82) is 0 Å². The minimum Gasteiger partial charge on any atom is -0.541 e. The van der Waals surface area contributed by atoms with Crippen molar-refractivity contribution in [2.24, 2.45) is 0 Å². The molecule has 1 atom stereocenters. The van der Waals surface area contributed by atoms with Crippen molar-refractivity contribution < 1.29 is 18.7 Å². The van der Waals surface area contributed by atoms with E-state index >= 15 is 0 Å². The molecule has 0 amide bonds. The molecule has 168 valence electrons. The summed E-state index contributed by atoms with van der Waals surface area (Å²) in [6.45, 7) is 14.2. The third kappa shape index (κ3) is 3.75. The van der Waals surface area contributed by atoms with Gasteiger partial charge in [-0.1, -0.05) is 32.9 Å². The second-order valence-corrected chi connectivity index (χ2v) is 15.4. The number of aryl methyl sites for hydroxylation is 3. The summed E-state index contributed by atoms with van der Waals surface area (Å²) >= 11 is 0. The molecule has 1 aliphatic carbocycles. The molecule has 4 rings (SSSR count). The number of benzene rings is 2. The monoisotopic (exact) mass is 440 g/mol. The Morgan fingerprint density at radius 2 is 1.97 bits per heavy atom. The third-order valence-electron chi connectivity index (χ3n) is 7.69. The van der Waals surface area contributed by atoms with Crippen LogP contribution in [-0.2, 0) is 22.4 Å². The van der Waals surface area contributed by atoms with Crippen LogP contribution in [0, 0.1) is 6.92 Å². The van der Waals surface area contributed by atoms with Gasteiger partial charge in [0.1, 0.15) is 0 Å². The average Bonchev–Trinajstić information content (AvgIpc) is 3.34. The molecule has 1 heterocycles. The maximum absolute atomic E-state index is 11.8. The Kier molecular flexibility index (Phi) is 5.61. The van der Waals surface area contributed by atoms with Crippen molar-refractivity contribution in [3.8, 4) is 11.5 Å². The van der Waals surface area contributed by atoms with E-state index in [1.807, 2.05) is 0 Å². The Bertz CT molecular complexity index is 1030. The summed E-state index contributed by atoms with van der Waals surface area (Å²) in [6.07, 6.45) is 4.58. The molecule has 1 unspecified atom stereocenters. The zero-order chi connectivity index (χ0) is 22.6. The molecule has 0 aromatic heterocycles. The van der Waals surface area contributed by atoms with Crippen LogP contribution in [-0.4, -0.2) is 28.0 Å². The van der Waals surface area contributed by atoms with Crippen molar-refractivity contribution in [2.75, 3.05) is 13.7 Å². The van der Waals surface area contributed by atoms with E-state index < -0.39 is 8.32 Å². The molecule has 5 heteroatoms. The smallest absolute Gasteiger partial charge is 0.305 e. The number of hydrogen-bond acceptors (Lipinski definition) is 4. The summed E-state index contributed by atoms with van der Waals surface area (Å²) in [6, 6.07) is 4.59. The van der Waals surface area contributed by atoms with Gasteiger partial charge in [0.25, 0.3) is 8.32 Å². The Balaban J connectivity index is 1.91. The SMILES string of the molecule is COC(=O)CCC1COc2c1c(C)c1ccc3c(c1c2O[Si](C)(C)C(C)(C)C)CCC3. The predicted molar refractivity (Wildman–Crippen MR) is 128 cm³/mol. The van der Waals surface area contributed by atoms with Crippen molar-refractivity contribution in [2.45, 2.75) is 83.8 Å². The minimum atomic E-state index is -2.07. The molecule has 0 spiro atoms. The summed E-state index contributed by atoms with van der Waals surface area (Å²) < 4.78 is 18.3. The van der Waals surface area contributed by atoms with Crippen LogP contribution in [0.3, 0.4) is 0 Å². The molecule has 0 N–H and O–H groups in total. The van der Waals surface area contributed by atoms with E-state index in [0.717, 1.165) is 30.8 Å². The highest BCUT2D eigenvalue weighted by Gasteiger charge is 2.42. The van der Waals surface area contributed by atoms with E-state index in [-0.39, 0.29) is 16.9 Å². The van der Waals surface area contributed by atoms with E-state index in [0.29, 0.717) is 13.0 Å². The number of rotatable bonds is 5. The number of fused-ring (bicyclic) bond motifs is 4. The molecule has 4 nitrogen and oxygen atoms in total. The summed E-state index contributed by atoms with van der Waals surface area (Å²) in [7, 11) is -0.624. The second kappa shape index (κ2) is 7.84. The number of hydrogen-bond donors (Lipinski definition) is 0. The van der Waals surface area contributed by atoms with Crippen LogP contribution in [0.2, 0.25) is 18.1 Å². The molecule has 1 aliphatic heterocycles. The van der Waals surface area contributed by atoms with Gasteiger partial charge in [0, 0.05) is 23.3 Å². The predicted octanol–water partition coefficient (Wildman–Crippen LogP) is 6.45. The lowest BCUT2D eigenvalue weighted by Gasteiger charge is -2.37. The van der Waals surface area contributed by atoms with Gasteiger partial charge in [-0.2, -0.15) is 0 Å².